The predicted octanol–water partition coefficient (Wildman–Crippen LogP) is 5.40. The summed E-state index contributed by atoms with van der Waals surface area (Å²) in [6, 6.07) is 6.13. The molecule has 2 heterocycles. The monoisotopic (exact) mass is 458 g/mol. The van der Waals surface area contributed by atoms with Gasteiger partial charge in [-0.25, -0.2) is 18.7 Å². The summed E-state index contributed by atoms with van der Waals surface area (Å²) in [5.41, 5.74) is 0.767. The van der Waals surface area contributed by atoms with Gasteiger partial charge in [0.1, 0.15) is 23.5 Å². The van der Waals surface area contributed by atoms with Crippen LogP contribution in [0.4, 0.5) is 14.6 Å². The molecule has 0 radical (unpaired) electrons. The van der Waals surface area contributed by atoms with Crippen molar-refractivity contribution in [2.45, 2.75) is 20.8 Å². The second-order valence-electron chi connectivity index (χ2n) is 7.09. The van der Waals surface area contributed by atoms with Gasteiger partial charge in [0.15, 0.2) is 5.82 Å². The van der Waals surface area contributed by atoms with Crippen LogP contribution in [0.3, 0.4) is 0 Å². The van der Waals surface area contributed by atoms with Gasteiger partial charge >= 0.3 is 0 Å². The average Bonchev–Trinajstić information content (AvgIpc) is 2.81. The number of carbonyl (C=O) groups is 1. The second-order valence-corrected chi connectivity index (χ2v) is 7.50. The maximum atomic E-state index is 15.5. The van der Waals surface area contributed by atoms with Crippen LogP contribution >= 0.6 is 11.6 Å². The van der Waals surface area contributed by atoms with Gasteiger partial charge in [0.25, 0.3) is 0 Å². The Balaban J connectivity index is 0.00000141. The van der Waals surface area contributed by atoms with Crippen LogP contribution in [0, 0.1) is 18.6 Å². The molecule has 4 rings (SSSR count). The van der Waals surface area contributed by atoms with Crippen molar-refractivity contribution in [1.82, 2.24) is 14.9 Å². The van der Waals surface area contributed by atoms with Crippen LogP contribution in [0.15, 0.2) is 43.2 Å². The second kappa shape index (κ2) is 10.0. The lowest BCUT2D eigenvalue weighted by Gasteiger charge is -2.35. The highest BCUT2D eigenvalue weighted by Gasteiger charge is 2.25. The van der Waals surface area contributed by atoms with Crippen molar-refractivity contribution in [3.05, 3.63) is 65.5 Å². The molecule has 0 N–H and O–H groups in total. The van der Waals surface area contributed by atoms with E-state index in [9.17, 15) is 9.18 Å². The number of piperazine rings is 1. The predicted molar refractivity (Wildman–Crippen MR) is 125 cm³/mol. The quantitative estimate of drug-likeness (QED) is 0.493. The number of carbonyl (C=O) groups excluding carboxylic acids is 1. The molecular weight excluding hydrogens is 434 g/mol. The molecule has 3 aromatic rings. The van der Waals surface area contributed by atoms with E-state index in [0.717, 1.165) is 0 Å². The van der Waals surface area contributed by atoms with Gasteiger partial charge in [-0.1, -0.05) is 44.2 Å². The van der Waals surface area contributed by atoms with Crippen molar-refractivity contribution in [2.24, 2.45) is 0 Å². The van der Waals surface area contributed by atoms with Crippen molar-refractivity contribution in [1.29, 1.82) is 0 Å². The Hall–Kier alpha value is -3.06. The number of benzene rings is 2. The summed E-state index contributed by atoms with van der Waals surface area (Å²) < 4.78 is 30.0. The minimum absolute atomic E-state index is 0.00850. The number of aryl methyl sites for hydroxylation is 1. The number of amides is 1. The molecule has 0 saturated carbocycles. The molecule has 1 fully saturated rings. The number of aromatic nitrogens is 2. The SMILES string of the molecule is C=CC(=O)N1CCN(c2ncnc3c(F)c(-c4c(C)cccc4F)c(Cl)cc23)CC1.CC. The molecule has 1 aromatic heterocycles. The summed E-state index contributed by atoms with van der Waals surface area (Å²) in [6.07, 6.45) is 2.57. The van der Waals surface area contributed by atoms with Gasteiger partial charge in [0.05, 0.1) is 5.02 Å². The van der Waals surface area contributed by atoms with Crippen LogP contribution in [-0.4, -0.2) is 47.0 Å². The van der Waals surface area contributed by atoms with Gasteiger partial charge in [-0.2, -0.15) is 0 Å². The third-order valence-corrected chi connectivity index (χ3v) is 5.64. The molecule has 5 nitrogen and oxygen atoms in total. The Bertz CT molecular complexity index is 1140. The molecule has 0 atom stereocenters. The van der Waals surface area contributed by atoms with E-state index in [4.69, 9.17) is 11.6 Å². The van der Waals surface area contributed by atoms with Crippen LogP contribution in [0.2, 0.25) is 5.02 Å². The molecule has 0 unspecified atom stereocenters. The molecule has 0 bridgehead atoms. The number of rotatable bonds is 3. The first-order valence-electron chi connectivity index (χ1n) is 10.5. The van der Waals surface area contributed by atoms with E-state index in [0.29, 0.717) is 42.9 Å². The van der Waals surface area contributed by atoms with E-state index >= 15 is 4.39 Å². The lowest BCUT2D eigenvalue weighted by atomic mass is 9.97. The Morgan fingerprint density at radius 2 is 1.81 bits per heavy atom. The van der Waals surface area contributed by atoms with Crippen LogP contribution < -0.4 is 4.90 Å². The van der Waals surface area contributed by atoms with E-state index in [1.807, 2.05) is 18.7 Å². The zero-order valence-corrected chi connectivity index (χ0v) is 19.1. The van der Waals surface area contributed by atoms with Crippen molar-refractivity contribution >= 4 is 34.2 Å². The Morgan fingerprint density at radius 3 is 2.44 bits per heavy atom. The first-order valence-corrected chi connectivity index (χ1v) is 10.8. The normalized spacial score (nSPS) is 13.6. The number of anilines is 1. The van der Waals surface area contributed by atoms with Crippen molar-refractivity contribution in [2.75, 3.05) is 31.1 Å². The molecule has 168 valence electrons. The Kier molecular flexibility index (Phi) is 7.40. The fourth-order valence-corrected chi connectivity index (χ4v) is 4.10. The molecule has 2 aromatic carbocycles. The van der Waals surface area contributed by atoms with Crippen molar-refractivity contribution < 1.29 is 13.6 Å². The minimum Gasteiger partial charge on any atom is -0.352 e. The number of halogens is 3. The molecule has 1 saturated heterocycles. The van der Waals surface area contributed by atoms with Crippen LogP contribution in [0.25, 0.3) is 22.0 Å². The number of hydrogen-bond donors (Lipinski definition) is 0. The van der Waals surface area contributed by atoms with Gasteiger partial charge in [-0.3, -0.25) is 4.79 Å². The summed E-state index contributed by atoms with van der Waals surface area (Å²) in [5, 5.41) is 0.533. The van der Waals surface area contributed by atoms with Gasteiger partial charge in [0, 0.05) is 42.7 Å². The van der Waals surface area contributed by atoms with E-state index in [1.54, 1.807) is 30.0 Å². The van der Waals surface area contributed by atoms with Gasteiger partial charge in [0.2, 0.25) is 5.91 Å². The zero-order valence-electron chi connectivity index (χ0n) is 18.3. The first-order chi connectivity index (χ1) is 15.4. The van der Waals surface area contributed by atoms with E-state index < -0.39 is 11.6 Å². The van der Waals surface area contributed by atoms with Crippen LogP contribution in [0.1, 0.15) is 19.4 Å². The smallest absolute Gasteiger partial charge is 0.246 e. The van der Waals surface area contributed by atoms with E-state index in [2.05, 4.69) is 16.5 Å². The molecule has 1 aliphatic rings. The fourth-order valence-electron chi connectivity index (χ4n) is 3.81. The summed E-state index contributed by atoms with van der Waals surface area (Å²) in [6.45, 7) is 11.3. The molecule has 0 spiro atoms. The standard InChI is InChI=1S/C22H19ClF2N4O.C2H6/c1-3-17(30)28-7-9-29(10-8-28)22-14-11-15(23)19(20(25)21(14)26-12-27-22)18-13(2)5-4-6-16(18)24;1-2/h3-6,11-12H,1,7-10H2,2H3;1-2H3. The summed E-state index contributed by atoms with van der Waals surface area (Å²) in [5.74, 6) is -0.827. The molecule has 32 heavy (non-hydrogen) atoms. The summed E-state index contributed by atoms with van der Waals surface area (Å²) in [7, 11) is 0. The lowest BCUT2D eigenvalue weighted by molar-refractivity contribution is -0.126. The maximum Gasteiger partial charge on any atom is 0.246 e. The van der Waals surface area contributed by atoms with Gasteiger partial charge in [-0.15, -0.1) is 0 Å². The Morgan fingerprint density at radius 1 is 1.12 bits per heavy atom. The fraction of sp³-hybridized carbons (Fsp3) is 0.292. The maximum absolute atomic E-state index is 15.5. The summed E-state index contributed by atoms with van der Waals surface area (Å²) >= 11 is 6.44. The van der Waals surface area contributed by atoms with Crippen molar-refractivity contribution in [3.63, 3.8) is 0 Å². The average molecular weight is 459 g/mol. The lowest BCUT2D eigenvalue weighted by Crippen LogP contribution is -2.48. The van der Waals surface area contributed by atoms with Gasteiger partial charge < -0.3 is 9.80 Å². The number of nitrogens with zero attached hydrogens (tertiary/aromatic N) is 4. The van der Waals surface area contributed by atoms with Crippen molar-refractivity contribution in [3.8, 4) is 11.1 Å². The van der Waals surface area contributed by atoms with Crippen LogP contribution in [0.5, 0.6) is 0 Å². The number of hydrogen-bond acceptors (Lipinski definition) is 4. The zero-order chi connectivity index (χ0) is 23.4. The molecule has 1 aliphatic heterocycles. The number of fused-ring (bicyclic) bond motifs is 1. The van der Waals surface area contributed by atoms with E-state index in [-0.39, 0.29) is 27.6 Å². The molecule has 8 heteroatoms. The largest absolute Gasteiger partial charge is 0.352 e. The third-order valence-electron chi connectivity index (χ3n) is 5.34. The highest BCUT2D eigenvalue weighted by molar-refractivity contribution is 6.34. The third kappa shape index (κ3) is 4.30. The highest BCUT2D eigenvalue weighted by Crippen LogP contribution is 2.39. The highest BCUT2D eigenvalue weighted by atomic mass is 35.5. The minimum atomic E-state index is -0.685. The van der Waals surface area contributed by atoms with Gasteiger partial charge in [-0.05, 0) is 30.7 Å². The Labute approximate surface area is 191 Å². The molecule has 1 amide bonds. The topological polar surface area (TPSA) is 49.3 Å². The van der Waals surface area contributed by atoms with E-state index in [1.165, 1.54) is 18.5 Å². The molecule has 0 aliphatic carbocycles. The first kappa shape index (κ1) is 23.6. The molecular formula is C24H25ClF2N4O. The summed E-state index contributed by atoms with van der Waals surface area (Å²) in [4.78, 5) is 23.9. The van der Waals surface area contributed by atoms with Crippen LogP contribution in [-0.2, 0) is 4.79 Å².